The van der Waals surface area contributed by atoms with E-state index in [9.17, 15) is 0 Å². The fourth-order valence-electron chi connectivity index (χ4n) is 3.12. The molecule has 2 aliphatic heterocycles. The normalized spacial score (nSPS) is 24.3. The average molecular weight is 282 g/mol. The van der Waals surface area contributed by atoms with E-state index in [2.05, 4.69) is 44.0 Å². The number of nitrogens with zero attached hydrogens (tertiary/aromatic N) is 3. The number of rotatable bonds is 3. The van der Waals surface area contributed by atoms with E-state index in [1.54, 1.807) is 0 Å². The SMILES string of the molecule is CCC1=NN2C(C)=CC(C)=NC2C1Cc1ccc(N)cc1. The molecule has 2 N–H and O–H groups in total. The summed E-state index contributed by atoms with van der Waals surface area (Å²) in [7, 11) is 0. The Morgan fingerprint density at radius 1 is 1.19 bits per heavy atom. The maximum absolute atomic E-state index is 5.77. The van der Waals surface area contributed by atoms with E-state index < -0.39 is 0 Å². The molecule has 110 valence electrons. The largest absolute Gasteiger partial charge is 0.399 e. The van der Waals surface area contributed by atoms with Crippen LogP contribution in [0.1, 0.15) is 32.8 Å². The summed E-state index contributed by atoms with van der Waals surface area (Å²) in [5.74, 6) is 0.345. The third kappa shape index (κ3) is 2.58. The summed E-state index contributed by atoms with van der Waals surface area (Å²) in [5, 5.41) is 6.87. The van der Waals surface area contributed by atoms with Crippen LogP contribution < -0.4 is 5.73 Å². The van der Waals surface area contributed by atoms with Crippen LogP contribution in [0.3, 0.4) is 0 Å². The zero-order chi connectivity index (χ0) is 15.0. The number of fused-ring (bicyclic) bond motifs is 1. The molecule has 0 amide bonds. The van der Waals surface area contributed by atoms with E-state index in [0.29, 0.717) is 5.92 Å². The van der Waals surface area contributed by atoms with Crippen molar-refractivity contribution in [3.63, 3.8) is 0 Å². The number of nitrogen functional groups attached to an aromatic ring is 1. The van der Waals surface area contributed by atoms with Crippen molar-refractivity contribution in [3.05, 3.63) is 41.6 Å². The lowest BCUT2D eigenvalue weighted by molar-refractivity contribution is 0.259. The van der Waals surface area contributed by atoms with Crippen LogP contribution in [-0.4, -0.2) is 22.6 Å². The van der Waals surface area contributed by atoms with Crippen molar-refractivity contribution in [2.45, 2.75) is 39.8 Å². The average Bonchev–Trinajstić information content (AvgIpc) is 2.80. The molecule has 2 unspecified atom stereocenters. The number of benzene rings is 1. The van der Waals surface area contributed by atoms with Gasteiger partial charge in [-0.3, -0.25) is 4.99 Å². The fourth-order valence-corrected chi connectivity index (χ4v) is 3.12. The van der Waals surface area contributed by atoms with Crippen LogP contribution in [-0.2, 0) is 6.42 Å². The molecular weight excluding hydrogens is 260 g/mol. The summed E-state index contributed by atoms with van der Waals surface area (Å²) in [6.07, 6.45) is 4.13. The van der Waals surface area contributed by atoms with Gasteiger partial charge in [-0.1, -0.05) is 19.1 Å². The first-order valence-electron chi connectivity index (χ1n) is 7.52. The van der Waals surface area contributed by atoms with E-state index in [1.807, 2.05) is 12.1 Å². The molecule has 2 heterocycles. The van der Waals surface area contributed by atoms with Crippen LogP contribution in [0.5, 0.6) is 0 Å². The van der Waals surface area contributed by atoms with Crippen LogP contribution in [0.25, 0.3) is 0 Å². The summed E-state index contributed by atoms with van der Waals surface area (Å²) in [5.41, 5.74) is 11.4. The number of nitrogens with two attached hydrogens (primary N) is 1. The van der Waals surface area contributed by atoms with E-state index in [-0.39, 0.29) is 6.17 Å². The minimum atomic E-state index is 0.113. The number of hydrazone groups is 1. The molecule has 0 aliphatic carbocycles. The van der Waals surface area contributed by atoms with Crippen molar-refractivity contribution in [1.29, 1.82) is 0 Å². The van der Waals surface area contributed by atoms with Crippen molar-refractivity contribution < 1.29 is 0 Å². The number of anilines is 1. The third-order valence-corrected chi connectivity index (χ3v) is 4.19. The molecule has 0 fully saturated rings. The summed E-state index contributed by atoms with van der Waals surface area (Å²) >= 11 is 0. The lowest BCUT2D eigenvalue weighted by atomic mass is 9.91. The van der Waals surface area contributed by atoms with E-state index >= 15 is 0 Å². The molecule has 0 saturated heterocycles. The maximum Gasteiger partial charge on any atom is 0.150 e. The van der Waals surface area contributed by atoms with Gasteiger partial charge in [-0.15, -0.1) is 0 Å². The van der Waals surface area contributed by atoms with Gasteiger partial charge in [-0.25, -0.2) is 5.01 Å². The van der Waals surface area contributed by atoms with Gasteiger partial charge in [-0.2, -0.15) is 5.10 Å². The maximum atomic E-state index is 5.77. The first kappa shape index (κ1) is 13.9. The zero-order valence-electron chi connectivity index (χ0n) is 12.9. The minimum Gasteiger partial charge on any atom is -0.399 e. The molecule has 1 aromatic rings. The Morgan fingerprint density at radius 2 is 1.90 bits per heavy atom. The minimum absolute atomic E-state index is 0.113. The van der Waals surface area contributed by atoms with Gasteiger partial charge in [0.05, 0.1) is 0 Å². The first-order valence-corrected chi connectivity index (χ1v) is 7.52. The molecule has 0 saturated carbocycles. The van der Waals surface area contributed by atoms with Crippen LogP contribution in [0.2, 0.25) is 0 Å². The van der Waals surface area contributed by atoms with Crippen molar-refractivity contribution in [2.24, 2.45) is 16.0 Å². The molecule has 0 bridgehead atoms. The Labute approximate surface area is 126 Å². The van der Waals surface area contributed by atoms with Gasteiger partial charge < -0.3 is 5.73 Å². The van der Waals surface area contributed by atoms with Gasteiger partial charge >= 0.3 is 0 Å². The number of allylic oxidation sites excluding steroid dienone is 2. The quantitative estimate of drug-likeness (QED) is 0.865. The van der Waals surface area contributed by atoms with Gasteiger partial charge in [0.15, 0.2) is 0 Å². The van der Waals surface area contributed by atoms with Crippen molar-refractivity contribution >= 4 is 17.1 Å². The number of hydrogen-bond acceptors (Lipinski definition) is 4. The van der Waals surface area contributed by atoms with Crippen LogP contribution in [0, 0.1) is 5.92 Å². The predicted molar refractivity (Wildman–Crippen MR) is 88.3 cm³/mol. The van der Waals surface area contributed by atoms with Gasteiger partial charge in [0, 0.05) is 28.7 Å². The lowest BCUT2D eigenvalue weighted by Gasteiger charge is -2.28. The first-order chi connectivity index (χ1) is 10.1. The number of aliphatic imine (C=N–C) groups is 1. The molecule has 4 heteroatoms. The highest BCUT2D eigenvalue weighted by Gasteiger charge is 2.38. The van der Waals surface area contributed by atoms with Crippen LogP contribution in [0.4, 0.5) is 5.69 Å². The summed E-state index contributed by atoms with van der Waals surface area (Å²) in [4.78, 5) is 4.81. The summed E-state index contributed by atoms with van der Waals surface area (Å²) < 4.78 is 0. The molecular formula is C17H22N4. The molecule has 2 aliphatic rings. The van der Waals surface area contributed by atoms with E-state index in [0.717, 1.165) is 24.2 Å². The Hall–Kier alpha value is -2.10. The lowest BCUT2D eigenvalue weighted by Crippen LogP contribution is -2.35. The molecule has 2 atom stereocenters. The molecule has 0 radical (unpaired) electrons. The molecule has 0 aromatic heterocycles. The standard InChI is InChI=1S/C17H22N4/c1-4-16-15(10-13-5-7-14(18)8-6-13)17-19-11(2)9-12(3)21(17)20-16/h5-9,15,17H,4,10,18H2,1-3H3. The molecule has 1 aromatic carbocycles. The van der Waals surface area contributed by atoms with Gasteiger partial charge in [-0.05, 0) is 50.5 Å². The predicted octanol–water partition coefficient (Wildman–Crippen LogP) is 3.21. The van der Waals surface area contributed by atoms with Gasteiger partial charge in [0.2, 0.25) is 0 Å². The van der Waals surface area contributed by atoms with Crippen molar-refractivity contribution in [1.82, 2.24) is 5.01 Å². The second-order valence-corrected chi connectivity index (χ2v) is 5.81. The second kappa shape index (κ2) is 5.35. The Balaban J connectivity index is 1.88. The fraction of sp³-hybridized carbons (Fsp3) is 0.412. The summed E-state index contributed by atoms with van der Waals surface area (Å²) in [6.45, 7) is 6.33. The van der Waals surface area contributed by atoms with E-state index in [4.69, 9.17) is 15.8 Å². The third-order valence-electron chi connectivity index (χ3n) is 4.19. The molecule has 0 spiro atoms. The molecule has 3 rings (SSSR count). The Kier molecular flexibility index (Phi) is 3.53. The highest BCUT2D eigenvalue weighted by Crippen LogP contribution is 2.33. The topological polar surface area (TPSA) is 54.0 Å². The zero-order valence-corrected chi connectivity index (χ0v) is 12.9. The Morgan fingerprint density at radius 3 is 2.57 bits per heavy atom. The van der Waals surface area contributed by atoms with Crippen molar-refractivity contribution in [2.75, 3.05) is 5.73 Å². The smallest absolute Gasteiger partial charge is 0.150 e. The van der Waals surface area contributed by atoms with Crippen molar-refractivity contribution in [3.8, 4) is 0 Å². The molecule has 4 nitrogen and oxygen atoms in total. The van der Waals surface area contributed by atoms with Crippen LogP contribution >= 0.6 is 0 Å². The summed E-state index contributed by atoms with van der Waals surface area (Å²) in [6, 6.07) is 8.14. The monoisotopic (exact) mass is 282 g/mol. The highest BCUT2D eigenvalue weighted by molar-refractivity contribution is 5.96. The number of hydrogen-bond donors (Lipinski definition) is 1. The second-order valence-electron chi connectivity index (χ2n) is 5.81. The van der Waals surface area contributed by atoms with Gasteiger partial charge in [0.25, 0.3) is 0 Å². The van der Waals surface area contributed by atoms with Crippen LogP contribution in [0.15, 0.2) is 46.1 Å². The van der Waals surface area contributed by atoms with E-state index in [1.165, 1.54) is 17.0 Å². The van der Waals surface area contributed by atoms with Gasteiger partial charge in [0.1, 0.15) is 6.17 Å². The Bertz CT molecular complexity index is 625. The molecule has 21 heavy (non-hydrogen) atoms. The highest BCUT2D eigenvalue weighted by atomic mass is 15.5.